The molecule has 0 amide bonds. The molecule has 0 aromatic rings. The van der Waals surface area contributed by atoms with Gasteiger partial charge in [0.1, 0.15) is 6.04 Å². The zero-order valence-corrected chi connectivity index (χ0v) is 12.0. The van der Waals surface area contributed by atoms with Crippen LogP contribution in [0.5, 0.6) is 0 Å². The maximum absolute atomic E-state index is 11.6. The number of ether oxygens (including phenoxy) is 1. The van der Waals surface area contributed by atoms with E-state index in [1.165, 1.54) is 7.11 Å². The molecule has 1 heterocycles. The highest BCUT2D eigenvalue weighted by Crippen LogP contribution is 2.22. The van der Waals surface area contributed by atoms with Crippen LogP contribution in [0.15, 0.2) is 4.99 Å². The second-order valence-corrected chi connectivity index (χ2v) is 5.95. The Morgan fingerprint density at radius 3 is 2.53 bits per heavy atom. The number of nitrogens with one attached hydrogen (secondary N) is 1. The molecule has 1 N–H and O–H groups in total. The number of methoxy groups -OCH3 is 1. The maximum atomic E-state index is 11.6. The van der Waals surface area contributed by atoms with Crippen molar-refractivity contribution in [3.05, 3.63) is 0 Å². The van der Waals surface area contributed by atoms with Crippen molar-refractivity contribution < 1.29 is 9.53 Å². The topological polar surface area (TPSA) is 50.7 Å². The lowest BCUT2D eigenvalue weighted by molar-refractivity contribution is -0.143. The zero-order chi connectivity index (χ0) is 13.0. The summed E-state index contributed by atoms with van der Waals surface area (Å²) < 4.78 is 4.79. The van der Waals surface area contributed by atoms with E-state index in [4.69, 9.17) is 4.74 Å². The highest BCUT2D eigenvalue weighted by Gasteiger charge is 2.28. The van der Waals surface area contributed by atoms with Crippen molar-refractivity contribution in [1.82, 2.24) is 5.32 Å². The lowest BCUT2D eigenvalue weighted by atomic mass is 10.1. The first-order valence-corrected chi connectivity index (χ1v) is 6.99. The molecule has 0 fully saturated rings. The van der Waals surface area contributed by atoms with Crippen molar-refractivity contribution in [2.45, 2.75) is 39.8 Å². The van der Waals surface area contributed by atoms with E-state index in [2.05, 4.69) is 24.2 Å². The molecule has 4 nitrogen and oxygen atoms in total. The van der Waals surface area contributed by atoms with Crippen molar-refractivity contribution in [1.29, 1.82) is 0 Å². The molecule has 1 unspecified atom stereocenters. The number of hydrogen-bond acceptors (Lipinski definition) is 5. The van der Waals surface area contributed by atoms with Crippen LogP contribution in [0.4, 0.5) is 0 Å². The number of esters is 1. The standard InChI is InChI=1S/C12H22N2O2S/c1-7(2)9-6-17-12(13-9)14-10(8(3)4)11(15)16-5/h7-10H,6H2,1-5H3,(H,13,14)/t9-,10?/m1/s1. The highest BCUT2D eigenvalue weighted by molar-refractivity contribution is 8.14. The van der Waals surface area contributed by atoms with Crippen LogP contribution in [0, 0.1) is 11.8 Å². The Hall–Kier alpha value is -0.710. The largest absolute Gasteiger partial charge is 0.467 e. The SMILES string of the molecule is COC(=O)C(NC1=N[C@@H](C(C)C)CS1)C(C)C. The summed E-state index contributed by atoms with van der Waals surface area (Å²) in [7, 11) is 1.42. The van der Waals surface area contributed by atoms with Crippen LogP contribution in [0.1, 0.15) is 27.7 Å². The van der Waals surface area contributed by atoms with Gasteiger partial charge in [-0.2, -0.15) is 0 Å². The normalized spacial score (nSPS) is 21.6. The number of carbonyl (C=O) groups is 1. The van der Waals surface area contributed by atoms with Crippen LogP contribution in [0.25, 0.3) is 0 Å². The first-order chi connectivity index (χ1) is 7.95. The molecule has 1 aliphatic rings. The number of aliphatic imine (C=N–C) groups is 1. The van der Waals surface area contributed by atoms with Crippen molar-refractivity contribution in [3.63, 3.8) is 0 Å². The summed E-state index contributed by atoms with van der Waals surface area (Å²) in [5.74, 6) is 1.49. The third-order valence-electron chi connectivity index (χ3n) is 2.84. The number of rotatable bonds is 4. The van der Waals surface area contributed by atoms with Crippen LogP contribution in [0.2, 0.25) is 0 Å². The number of hydrogen-bond donors (Lipinski definition) is 1. The molecule has 98 valence electrons. The Kier molecular flexibility index (Phi) is 5.31. The van der Waals surface area contributed by atoms with Gasteiger partial charge in [0, 0.05) is 5.75 Å². The Morgan fingerprint density at radius 1 is 1.47 bits per heavy atom. The molecular formula is C12H22N2O2S. The second kappa shape index (κ2) is 6.28. The molecule has 1 aliphatic heterocycles. The van der Waals surface area contributed by atoms with Crippen LogP contribution in [0.3, 0.4) is 0 Å². The number of amidine groups is 1. The van der Waals surface area contributed by atoms with Crippen molar-refractivity contribution in [3.8, 4) is 0 Å². The van der Waals surface area contributed by atoms with Gasteiger partial charge in [-0.1, -0.05) is 39.5 Å². The number of thioether (sulfide) groups is 1. The lowest BCUT2D eigenvalue weighted by Gasteiger charge is -2.20. The zero-order valence-electron chi connectivity index (χ0n) is 11.2. The first-order valence-electron chi connectivity index (χ1n) is 6.00. The van der Waals surface area contributed by atoms with Crippen molar-refractivity contribution in [2.75, 3.05) is 12.9 Å². The molecule has 0 aromatic heterocycles. The van der Waals surface area contributed by atoms with E-state index < -0.39 is 0 Å². The average Bonchev–Trinajstić information content (AvgIpc) is 2.73. The molecule has 1 rings (SSSR count). The smallest absolute Gasteiger partial charge is 0.328 e. The van der Waals surface area contributed by atoms with E-state index in [1.54, 1.807) is 11.8 Å². The monoisotopic (exact) mass is 258 g/mol. The molecule has 17 heavy (non-hydrogen) atoms. The number of nitrogens with zero attached hydrogens (tertiary/aromatic N) is 1. The minimum atomic E-state index is -0.308. The van der Waals surface area contributed by atoms with Crippen LogP contribution in [-0.4, -0.2) is 36.1 Å². The summed E-state index contributed by atoms with van der Waals surface area (Å²) in [6.45, 7) is 8.32. The van der Waals surface area contributed by atoms with Gasteiger partial charge in [0.15, 0.2) is 5.17 Å². The lowest BCUT2D eigenvalue weighted by Crippen LogP contribution is -2.43. The fourth-order valence-electron chi connectivity index (χ4n) is 1.57. The van der Waals surface area contributed by atoms with E-state index in [0.717, 1.165) is 10.9 Å². The second-order valence-electron chi connectivity index (χ2n) is 4.95. The third-order valence-corrected chi connectivity index (χ3v) is 3.85. The summed E-state index contributed by atoms with van der Waals surface area (Å²) in [6, 6.07) is 0.0464. The third kappa shape index (κ3) is 3.91. The Balaban J connectivity index is 2.63. The fourth-order valence-corrected chi connectivity index (χ4v) is 2.78. The van der Waals surface area contributed by atoms with E-state index >= 15 is 0 Å². The van der Waals surface area contributed by atoms with Gasteiger partial charge in [-0.25, -0.2) is 4.79 Å². The number of carbonyl (C=O) groups excluding carboxylic acids is 1. The predicted molar refractivity (Wildman–Crippen MR) is 72.3 cm³/mol. The van der Waals surface area contributed by atoms with Crippen LogP contribution in [-0.2, 0) is 9.53 Å². The molecule has 5 heteroatoms. The quantitative estimate of drug-likeness (QED) is 0.783. The van der Waals surface area contributed by atoms with Crippen molar-refractivity contribution in [2.24, 2.45) is 16.8 Å². The van der Waals surface area contributed by atoms with Gasteiger partial charge in [-0.15, -0.1) is 0 Å². The average molecular weight is 258 g/mol. The van der Waals surface area contributed by atoms with Gasteiger partial charge in [-0.3, -0.25) is 4.99 Å². The molecule has 0 saturated heterocycles. The Morgan fingerprint density at radius 2 is 2.12 bits per heavy atom. The maximum Gasteiger partial charge on any atom is 0.328 e. The van der Waals surface area contributed by atoms with Gasteiger partial charge in [0.2, 0.25) is 0 Å². The van der Waals surface area contributed by atoms with E-state index in [9.17, 15) is 4.79 Å². The Bertz CT molecular complexity index is 303. The molecular weight excluding hydrogens is 236 g/mol. The predicted octanol–water partition coefficient (Wildman–Crippen LogP) is 1.90. The summed E-state index contributed by atoms with van der Waals surface area (Å²) >= 11 is 1.68. The van der Waals surface area contributed by atoms with Gasteiger partial charge in [0.05, 0.1) is 13.2 Å². The Labute approximate surface area is 108 Å². The minimum Gasteiger partial charge on any atom is -0.467 e. The molecule has 0 spiro atoms. The molecule has 0 saturated carbocycles. The van der Waals surface area contributed by atoms with E-state index in [1.807, 2.05) is 13.8 Å². The van der Waals surface area contributed by atoms with Gasteiger partial charge < -0.3 is 10.1 Å². The summed E-state index contributed by atoms with van der Waals surface area (Å²) in [4.78, 5) is 16.2. The fraction of sp³-hybridized carbons (Fsp3) is 0.833. The van der Waals surface area contributed by atoms with Gasteiger partial charge in [-0.05, 0) is 11.8 Å². The van der Waals surface area contributed by atoms with E-state index in [-0.39, 0.29) is 17.9 Å². The van der Waals surface area contributed by atoms with E-state index in [0.29, 0.717) is 12.0 Å². The van der Waals surface area contributed by atoms with Crippen LogP contribution >= 0.6 is 11.8 Å². The highest BCUT2D eigenvalue weighted by atomic mass is 32.2. The first kappa shape index (κ1) is 14.4. The van der Waals surface area contributed by atoms with Gasteiger partial charge in [0.25, 0.3) is 0 Å². The van der Waals surface area contributed by atoms with Crippen LogP contribution < -0.4 is 5.32 Å². The van der Waals surface area contributed by atoms with Gasteiger partial charge >= 0.3 is 5.97 Å². The summed E-state index contributed by atoms with van der Waals surface area (Å²) in [5.41, 5.74) is 0. The molecule has 0 bridgehead atoms. The minimum absolute atomic E-state index is 0.184. The van der Waals surface area contributed by atoms with Crippen molar-refractivity contribution >= 4 is 22.9 Å². The summed E-state index contributed by atoms with van der Waals surface area (Å²) in [6.07, 6.45) is 0. The molecule has 0 aromatic carbocycles. The molecule has 2 atom stereocenters. The molecule has 0 radical (unpaired) electrons. The molecule has 0 aliphatic carbocycles. The summed E-state index contributed by atoms with van der Waals surface area (Å²) in [5, 5.41) is 4.06.